The summed E-state index contributed by atoms with van der Waals surface area (Å²) in [5.74, 6) is 0. The van der Waals surface area contributed by atoms with Crippen molar-refractivity contribution in [2.24, 2.45) is 0 Å². The molecule has 11 rings (SSSR count). The Balaban J connectivity index is 1.89. The Bertz CT molecular complexity index is 1140. The van der Waals surface area contributed by atoms with Gasteiger partial charge in [-0.1, -0.05) is 84.9 Å². The Labute approximate surface area is 152 Å². The minimum Gasteiger partial charge on any atom is -0.0617 e. The number of hydrogen-bond donors (Lipinski definition) is 0. The molecule has 0 atom stereocenters. The summed E-state index contributed by atoms with van der Waals surface area (Å²) in [4.78, 5) is 0. The highest BCUT2D eigenvalue weighted by molar-refractivity contribution is 5.91. The molecule has 0 aliphatic rings. The van der Waals surface area contributed by atoms with Gasteiger partial charge < -0.3 is 0 Å². The van der Waals surface area contributed by atoms with E-state index in [1.807, 2.05) is 0 Å². The van der Waals surface area contributed by atoms with Crippen molar-refractivity contribution in [2.45, 2.75) is 0 Å². The van der Waals surface area contributed by atoms with Crippen LogP contribution in [-0.4, -0.2) is 0 Å². The Morgan fingerprint density at radius 2 is 0.462 bits per heavy atom. The molecule has 11 aromatic carbocycles. The first-order valence-electron chi connectivity index (χ1n) is 8.79. The van der Waals surface area contributed by atoms with Crippen LogP contribution in [0.1, 0.15) is 0 Å². The maximum Gasteiger partial charge on any atom is 0.0249 e. The third-order valence-corrected chi connectivity index (χ3v) is 4.89. The predicted molar refractivity (Wildman–Crippen MR) is 112 cm³/mol. The van der Waals surface area contributed by atoms with Gasteiger partial charge in [-0.15, -0.1) is 0 Å². The zero-order valence-electron chi connectivity index (χ0n) is 14.2. The minimum absolute atomic E-state index is 1.03. The smallest absolute Gasteiger partial charge is 0.0249 e. The summed E-state index contributed by atoms with van der Waals surface area (Å²) < 4.78 is 0. The standard InChI is InChI=1S/C26H16/c1-2-20-5-9-22(10-6-20)24-13-17-26(18-14-24)25-15-11-23(12-16-25)21-7-3-19(1)4-8-21/h3-18H. The van der Waals surface area contributed by atoms with Crippen LogP contribution >= 0.6 is 0 Å². The largest absolute Gasteiger partial charge is 0.0617 e. The van der Waals surface area contributed by atoms with Gasteiger partial charge in [-0.25, -0.2) is 0 Å². The lowest BCUT2D eigenvalue weighted by Crippen LogP contribution is -1.73. The highest BCUT2D eigenvalue weighted by Gasteiger charge is 1.93. The summed E-state index contributed by atoms with van der Waals surface area (Å²) in [6, 6.07) is 40.9. The summed E-state index contributed by atoms with van der Waals surface area (Å²) in [6.45, 7) is 0. The van der Waals surface area contributed by atoms with E-state index in [1.54, 1.807) is 0 Å². The zero-order chi connectivity index (χ0) is 17.3. The maximum atomic E-state index is 3.26. The van der Waals surface area contributed by atoms with Gasteiger partial charge in [-0.2, -0.15) is 0 Å². The predicted octanol–water partition coefficient (Wildman–Crippen LogP) is 7.02. The Morgan fingerprint density at radius 1 is 0.269 bits per heavy atom. The first-order valence-corrected chi connectivity index (χ1v) is 8.79. The molecule has 0 amide bonds. The van der Waals surface area contributed by atoms with Crippen molar-refractivity contribution >= 4 is 43.1 Å². The molecule has 0 unspecified atom stereocenters. The van der Waals surface area contributed by atoms with Crippen LogP contribution in [0.4, 0.5) is 0 Å². The van der Waals surface area contributed by atoms with Gasteiger partial charge >= 0.3 is 0 Å². The molecule has 0 radical (unpaired) electrons. The van der Waals surface area contributed by atoms with Crippen molar-refractivity contribution < 1.29 is 0 Å². The van der Waals surface area contributed by atoms with E-state index in [-0.39, 0.29) is 0 Å². The van der Waals surface area contributed by atoms with Gasteiger partial charge in [0.15, 0.2) is 0 Å². The molecule has 0 saturated heterocycles. The van der Waals surface area contributed by atoms with E-state index in [0.29, 0.717) is 0 Å². The van der Waals surface area contributed by atoms with Gasteiger partial charge in [-0.3, -0.25) is 0 Å². The van der Waals surface area contributed by atoms with Crippen molar-refractivity contribution in [2.75, 3.05) is 0 Å². The van der Waals surface area contributed by atoms with Gasteiger partial charge in [0.05, 0.1) is 0 Å². The lowest BCUT2D eigenvalue weighted by atomic mass is 10.1. The van der Waals surface area contributed by atoms with Gasteiger partial charge in [0, 0.05) is 10.8 Å². The summed E-state index contributed by atoms with van der Waals surface area (Å²) >= 11 is 0. The van der Waals surface area contributed by atoms with Crippen LogP contribution < -0.4 is 0 Å². The van der Waals surface area contributed by atoms with Crippen LogP contribution in [0.25, 0.3) is 43.1 Å². The average molecular weight is 328 g/mol. The molecule has 0 aliphatic heterocycles. The molecular weight excluding hydrogens is 312 g/mol. The highest BCUT2D eigenvalue weighted by atomic mass is 14.0. The van der Waals surface area contributed by atoms with E-state index in [2.05, 4.69) is 109 Å². The monoisotopic (exact) mass is 328 g/mol. The molecule has 26 heavy (non-hydrogen) atoms. The van der Waals surface area contributed by atoms with Crippen molar-refractivity contribution in [3.05, 3.63) is 109 Å². The second kappa shape index (κ2) is 6.06. The first-order chi connectivity index (χ1) is 12.8. The van der Waals surface area contributed by atoms with Crippen LogP contribution in [0.15, 0.2) is 97.1 Å². The molecule has 0 fully saturated rings. The van der Waals surface area contributed by atoms with Crippen LogP contribution in [0.5, 0.6) is 0 Å². The quantitative estimate of drug-likeness (QED) is 0.286. The molecular formula is C26H16. The van der Waals surface area contributed by atoms with E-state index in [1.165, 1.54) is 32.3 Å². The Kier molecular flexibility index (Phi) is 3.44. The fourth-order valence-corrected chi connectivity index (χ4v) is 3.35. The highest BCUT2D eigenvalue weighted by Crippen LogP contribution is 2.19. The number of benzene rings is 4. The lowest BCUT2D eigenvalue weighted by Gasteiger charge is -1.98. The molecule has 0 saturated carbocycles. The fourth-order valence-electron chi connectivity index (χ4n) is 3.35. The zero-order valence-corrected chi connectivity index (χ0v) is 14.2. The molecule has 0 aromatic heterocycles. The third-order valence-electron chi connectivity index (χ3n) is 4.89. The SMILES string of the molecule is c1c2ccc(cc2)c2ccc(cc2)c2ccc(cc2)c2ccc(c#1)cc2. The van der Waals surface area contributed by atoms with Crippen molar-refractivity contribution in [1.82, 2.24) is 0 Å². The van der Waals surface area contributed by atoms with E-state index in [4.69, 9.17) is 0 Å². The van der Waals surface area contributed by atoms with Crippen LogP contribution in [-0.2, 0) is 0 Å². The summed E-state index contributed by atoms with van der Waals surface area (Å²) in [5, 5.41) is 9.40. The molecule has 11 aromatic rings. The number of hydrogen-bond acceptors (Lipinski definition) is 0. The molecule has 0 N–H and O–H groups in total. The van der Waals surface area contributed by atoms with Gasteiger partial charge in [0.1, 0.15) is 0 Å². The van der Waals surface area contributed by atoms with E-state index in [9.17, 15) is 0 Å². The Hall–Kier alpha value is -3.56. The van der Waals surface area contributed by atoms with Crippen LogP contribution in [0.2, 0.25) is 0 Å². The van der Waals surface area contributed by atoms with Crippen molar-refractivity contribution in [1.29, 1.82) is 0 Å². The van der Waals surface area contributed by atoms with E-state index in [0.717, 1.165) is 10.8 Å². The lowest BCUT2D eigenvalue weighted by molar-refractivity contribution is 1.78. The van der Waals surface area contributed by atoms with E-state index >= 15 is 0 Å². The van der Waals surface area contributed by atoms with Crippen molar-refractivity contribution in [3.8, 4) is 0 Å². The molecule has 0 spiro atoms. The van der Waals surface area contributed by atoms with Crippen molar-refractivity contribution in [3.63, 3.8) is 0 Å². The third kappa shape index (κ3) is 2.70. The summed E-state index contributed by atoms with van der Waals surface area (Å²) in [6.07, 6.45) is 0. The van der Waals surface area contributed by atoms with Gasteiger partial charge in [0.25, 0.3) is 0 Å². The van der Waals surface area contributed by atoms with Gasteiger partial charge in [-0.05, 0) is 56.6 Å². The van der Waals surface area contributed by atoms with E-state index < -0.39 is 0 Å². The number of rotatable bonds is 0. The summed E-state index contributed by atoms with van der Waals surface area (Å²) in [7, 11) is 0. The average Bonchev–Trinajstić information content (AvgIpc) is 2.73. The molecule has 0 heterocycles. The molecule has 0 nitrogen and oxygen atoms in total. The second-order valence-electron chi connectivity index (χ2n) is 6.56. The van der Waals surface area contributed by atoms with Crippen LogP contribution in [0, 0.1) is 12.1 Å². The molecule has 0 heteroatoms. The molecule has 120 valence electrons. The normalized spacial score (nSPS) is 10.8. The second-order valence-corrected chi connectivity index (χ2v) is 6.56. The Morgan fingerprint density at radius 3 is 0.692 bits per heavy atom. The summed E-state index contributed by atoms with van der Waals surface area (Å²) in [5.41, 5.74) is 0. The van der Waals surface area contributed by atoms with Crippen LogP contribution in [0.3, 0.4) is 0 Å². The van der Waals surface area contributed by atoms with Gasteiger partial charge in [0.2, 0.25) is 0 Å². The fraction of sp³-hybridized carbons (Fsp3) is 0. The maximum absolute atomic E-state index is 3.26. The minimum atomic E-state index is 1.03. The molecule has 8 bridgehead atoms. The first kappa shape index (κ1) is 14.8. The topological polar surface area (TPSA) is 0 Å². The molecule has 0 aliphatic carbocycles.